The molecule has 124 valence electrons. The maximum atomic E-state index is 5.89. The summed E-state index contributed by atoms with van der Waals surface area (Å²) in [6, 6.07) is 23.3. The van der Waals surface area contributed by atoms with Gasteiger partial charge in [0.25, 0.3) is 0 Å². The quantitative estimate of drug-likeness (QED) is 0.617. The molecule has 1 N–H and O–H groups in total. The topological polar surface area (TPSA) is 21.3 Å². The third kappa shape index (κ3) is 4.14. The van der Waals surface area contributed by atoms with Crippen molar-refractivity contribution in [2.45, 2.75) is 32.3 Å². The van der Waals surface area contributed by atoms with Crippen LogP contribution in [0.5, 0.6) is 5.75 Å². The van der Waals surface area contributed by atoms with Crippen LogP contribution >= 0.6 is 9.24 Å². The van der Waals surface area contributed by atoms with E-state index >= 15 is 0 Å². The smallest absolute Gasteiger partial charge is 0.124 e. The summed E-state index contributed by atoms with van der Waals surface area (Å²) in [7, 11) is 2.89. The second-order valence-corrected chi connectivity index (χ2v) is 6.91. The number of ether oxygens (including phenoxy) is 1. The Morgan fingerprint density at radius 2 is 1.62 bits per heavy atom. The number of rotatable bonds is 6. The molecule has 3 aromatic carbocycles. The first-order valence-corrected chi connectivity index (χ1v) is 9.02. The average Bonchev–Trinajstić information content (AvgIpc) is 2.60. The van der Waals surface area contributed by atoms with Crippen molar-refractivity contribution in [1.29, 1.82) is 0 Å². The average molecular weight is 337 g/mol. The maximum Gasteiger partial charge on any atom is 0.124 e. The van der Waals surface area contributed by atoms with Crippen LogP contribution in [0.4, 0.5) is 0 Å². The molecule has 0 fully saturated rings. The molecule has 0 saturated heterocycles. The number of hydrogen-bond donors (Lipinski definition) is 1. The van der Waals surface area contributed by atoms with Gasteiger partial charge in [0.1, 0.15) is 5.75 Å². The van der Waals surface area contributed by atoms with Crippen LogP contribution in [-0.4, -0.2) is 6.10 Å². The fourth-order valence-corrected chi connectivity index (χ4v) is 3.08. The Bertz CT molecular complexity index is 816. The Balaban J connectivity index is 1.71. The third-order valence-corrected chi connectivity index (χ3v) is 4.60. The van der Waals surface area contributed by atoms with Crippen molar-refractivity contribution >= 4 is 20.0 Å². The van der Waals surface area contributed by atoms with Crippen LogP contribution in [0.1, 0.15) is 30.8 Å². The zero-order chi connectivity index (χ0) is 16.9. The minimum atomic E-state index is 0.179. The zero-order valence-corrected chi connectivity index (χ0v) is 15.4. The molecule has 0 saturated carbocycles. The van der Waals surface area contributed by atoms with E-state index in [1.54, 1.807) is 0 Å². The van der Waals surface area contributed by atoms with E-state index in [0.29, 0.717) is 0 Å². The Hall–Kier alpha value is -1.89. The molecule has 0 spiro atoms. The molecule has 0 aromatic heterocycles. The van der Waals surface area contributed by atoms with E-state index in [-0.39, 0.29) is 11.9 Å². The van der Waals surface area contributed by atoms with Crippen molar-refractivity contribution < 1.29 is 4.74 Å². The van der Waals surface area contributed by atoms with Gasteiger partial charge < -0.3 is 10.1 Å². The Labute approximate surface area is 146 Å². The minimum absolute atomic E-state index is 0.179. The van der Waals surface area contributed by atoms with Gasteiger partial charge in [-0.2, -0.15) is 0 Å². The van der Waals surface area contributed by atoms with Crippen molar-refractivity contribution in [2.75, 3.05) is 0 Å². The maximum absolute atomic E-state index is 5.89. The predicted octanol–water partition coefficient (Wildman–Crippen LogP) is 5.29. The van der Waals surface area contributed by atoms with Gasteiger partial charge >= 0.3 is 0 Å². The molecule has 2 nitrogen and oxygen atoms in total. The summed E-state index contributed by atoms with van der Waals surface area (Å²) < 4.78 is 5.89. The monoisotopic (exact) mass is 337 g/mol. The van der Waals surface area contributed by atoms with Crippen LogP contribution < -0.4 is 10.1 Å². The summed E-state index contributed by atoms with van der Waals surface area (Å²) in [6.45, 7) is 4.87. The number of para-hydroxylation sites is 1. The highest BCUT2D eigenvalue weighted by Crippen LogP contribution is 2.26. The van der Waals surface area contributed by atoms with Gasteiger partial charge in [0.15, 0.2) is 0 Å². The number of hydrogen-bond acceptors (Lipinski definition) is 2. The van der Waals surface area contributed by atoms with E-state index in [1.165, 1.54) is 21.9 Å². The van der Waals surface area contributed by atoms with Crippen LogP contribution in [0, 0.1) is 0 Å². The highest BCUT2D eigenvalue weighted by Gasteiger charge is 2.09. The molecular formula is C21H24NOP. The normalized spacial score (nSPS) is 12.5. The Kier molecular flexibility index (Phi) is 5.50. The van der Waals surface area contributed by atoms with E-state index in [1.807, 2.05) is 12.1 Å². The molecule has 0 aliphatic rings. The molecule has 0 bridgehead atoms. The fraction of sp³-hybridized carbons (Fsp3) is 0.238. The molecular weight excluding hydrogens is 313 g/mol. The molecule has 0 aliphatic heterocycles. The van der Waals surface area contributed by atoms with Gasteiger partial charge in [-0.3, -0.25) is 0 Å². The van der Waals surface area contributed by atoms with Gasteiger partial charge in [-0.15, -0.1) is 9.24 Å². The Morgan fingerprint density at radius 3 is 2.42 bits per heavy atom. The van der Waals surface area contributed by atoms with Crippen LogP contribution in [0.15, 0.2) is 66.7 Å². The van der Waals surface area contributed by atoms with Crippen LogP contribution in [0.2, 0.25) is 0 Å². The van der Waals surface area contributed by atoms with Gasteiger partial charge in [-0.05, 0) is 42.3 Å². The third-order valence-electron chi connectivity index (χ3n) is 3.98. The zero-order valence-electron chi connectivity index (χ0n) is 14.2. The van der Waals surface area contributed by atoms with Crippen LogP contribution in [0.3, 0.4) is 0 Å². The van der Waals surface area contributed by atoms with Crippen LogP contribution in [-0.2, 0) is 6.54 Å². The van der Waals surface area contributed by atoms with E-state index in [4.69, 9.17) is 4.74 Å². The molecule has 0 radical (unpaired) electrons. The van der Waals surface area contributed by atoms with Crippen molar-refractivity contribution in [3.05, 3.63) is 77.9 Å². The molecule has 0 aliphatic carbocycles. The molecule has 2 atom stereocenters. The summed E-state index contributed by atoms with van der Waals surface area (Å²) in [5.74, 6) is 1.15. The summed E-state index contributed by atoms with van der Waals surface area (Å²) in [5, 5.41) is 6.12. The second-order valence-electron chi connectivity index (χ2n) is 6.24. The predicted molar refractivity (Wildman–Crippen MR) is 105 cm³/mol. The first kappa shape index (κ1) is 17.0. The lowest BCUT2D eigenvalue weighted by molar-refractivity contribution is 0.239. The van der Waals surface area contributed by atoms with Crippen LogP contribution in [0.25, 0.3) is 10.8 Å². The van der Waals surface area contributed by atoms with E-state index in [0.717, 1.165) is 12.3 Å². The first-order valence-electron chi connectivity index (χ1n) is 8.36. The van der Waals surface area contributed by atoms with E-state index in [9.17, 15) is 0 Å². The van der Waals surface area contributed by atoms with Gasteiger partial charge in [0.05, 0.1) is 6.10 Å². The standard InChI is InChI=1S/C21H24NOP/c1-15(2)23-20-10-6-5-9-19(20)14-22-21(24)18-12-11-16-7-3-4-8-17(16)13-18/h3-13,15,21-22H,14,24H2,1-2H3. The second kappa shape index (κ2) is 7.79. The number of nitrogens with one attached hydrogen (secondary N) is 1. The van der Waals surface area contributed by atoms with Crippen molar-refractivity contribution in [3.8, 4) is 5.75 Å². The summed E-state index contributed by atoms with van der Waals surface area (Å²) in [5.41, 5.74) is 2.44. The molecule has 24 heavy (non-hydrogen) atoms. The molecule has 0 heterocycles. The van der Waals surface area contributed by atoms with E-state index < -0.39 is 0 Å². The van der Waals surface area contributed by atoms with E-state index in [2.05, 4.69) is 83.0 Å². The van der Waals surface area contributed by atoms with Crippen molar-refractivity contribution in [1.82, 2.24) is 5.32 Å². The van der Waals surface area contributed by atoms with Gasteiger partial charge in [0.2, 0.25) is 0 Å². The summed E-state index contributed by atoms with van der Waals surface area (Å²) >= 11 is 0. The van der Waals surface area contributed by atoms with Gasteiger partial charge in [0, 0.05) is 17.9 Å². The number of fused-ring (bicyclic) bond motifs is 1. The lowest BCUT2D eigenvalue weighted by atomic mass is 10.1. The SMILES string of the molecule is CC(C)Oc1ccccc1CNC(P)c1ccc2ccccc2c1. The largest absolute Gasteiger partial charge is 0.491 e. The number of benzene rings is 3. The molecule has 3 rings (SSSR count). The summed E-state index contributed by atoms with van der Waals surface area (Å²) in [6.07, 6.45) is 0.179. The fourth-order valence-electron chi connectivity index (χ4n) is 2.76. The molecule has 3 aromatic rings. The first-order chi connectivity index (χ1) is 11.6. The highest BCUT2D eigenvalue weighted by molar-refractivity contribution is 7.17. The van der Waals surface area contributed by atoms with Crippen molar-refractivity contribution in [2.24, 2.45) is 0 Å². The molecule has 3 heteroatoms. The summed E-state index contributed by atoms with van der Waals surface area (Å²) in [4.78, 5) is 0. The highest BCUT2D eigenvalue weighted by atomic mass is 31.0. The van der Waals surface area contributed by atoms with Crippen molar-refractivity contribution in [3.63, 3.8) is 0 Å². The molecule has 0 amide bonds. The lowest BCUT2D eigenvalue weighted by Crippen LogP contribution is -2.17. The van der Waals surface area contributed by atoms with Gasteiger partial charge in [-0.1, -0.05) is 54.6 Å². The molecule has 2 unspecified atom stereocenters. The van der Waals surface area contributed by atoms with Gasteiger partial charge in [-0.25, -0.2) is 0 Å². The Morgan fingerprint density at radius 1 is 0.917 bits per heavy atom. The lowest BCUT2D eigenvalue weighted by Gasteiger charge is -2.18. The minimum Gasteiger partial charge on any atom is -0.491 e.